The highest BCUT2D eigenvalue weighted by molar-refractivity contribution is 6.25. The molecule has 0 unspecified atom stereocenters. The van der Waals surface area contributed by atoms with E-state index < -0.39 is 0 Å². The molecule has 6 aromatic rings. The van der Waals surface area contributed by atoms with Crippen LogP contribution in [0.2, 0.25) is 0 Å². The molecule has 0 aliphatic rings. The third-order valence-electron chi connectivity index (χ3n) is 5.87. The Balaban J connectivity index is 1.65. The van der Waals surface area contributed by atoms with Crippen molar-refractivity contribution in [2.24, 2.45) is 0 Å². The maximum atomic E-state index is 10.4. The van der Waals surface area contributed by atoms with E-state index in [1.807, 2.05) is 26.0 Å². The Hall–Kier alpha value is -4.25. The van der Waals surface area contributed by atoms with Crippen LogP contribution in [0.4, 0.5) is 0 Å². The highest BCUT2D eigenvalue weighted by Gasteiger charge is 2.18. The number of phenols is 1. The molecule has 1 N–H and O–H groups in total. The topological polar surface area (TPSA) is 68.1 Å². The molecule has 0 atom stereocenters. The molecule has 1 aromatic heterocycles. The lowest BCUT2D eigenvalue weighted by Crippen LogP contribution is -2.10. The van der Waals surface area contributed by atoms with Crippen LogP contribution < -0.4 is 4.74 Å². The molecule has 0 amide bonds. The molecule has 0 saturated carbocycles. The molecular formula is C28H21N3O2. The third kappa shape index (κ3) is 3.21. The van der Waals surface area contributed by atoms with Crippen LogP contribution in [0.1, 0.15) is 13.8 Å². The van der Waals surface area contributed by atoms with Crippen LogP contribution in [0.3, 0.4) is 0 Å². The maximum absolute atomic E-state index is 10.4. The first-order chi connectivity index (χ1) is 16.1. The summed E-state index contributed by atoms with van der Waals surface area (Å²) in [5.41, 5.74) is 1.43. The molecule has 0 spiro atoms. The summed E-state index contributed by atoms with van der Waals surface area (Å²) in [7, 11) is 0. The molecule has 0 bridgehead atoms. The zero-order valence-electron chi connectivity index (χ0n) is 18.3. The minimum Gasteiger partial charge on any atom is -0.507 e. The van der Waals surface area contributed by atoms with E-state index >= 15 is 0 Å². The lowest BCUT2D eigenvalue weighted by atomic mass is 9.92. The number of rotatable bonds is 4. The second kappa shape index (κ2) is 7.41. The summed E-state index contributed by atoms with van der Waals surface area (Å²) >= 11 is 0. The van der Waals surface area contributed by atoms with Gasteiger partial charge in [-0.2, -0.15) is 9.97 Å². The van der Waals surface area contributed by atoms with Crippen molar-refractivity contribution in [3.05, 3.63) is 78.9 Å². The first kappa shape index (κ1) is 19.4. The molecule has 0 fully saturated rings. The van der Waals surface area contributed by atoms with Crippen LogP contribution in [0, 0.1) is 0 Å². The van der Waals surface area contributed by atoms with Crippen LogP contribution in [-0.2, 0) is 0 Å². The summed E-state index contributed by atoms with van der Waals surface area (Å²) in [4.78, 5) is 13.9. The van der Waals surface area contributed by atoms with Gasteiger partial charge in [-0.05, 0) is 64.4 Å². The predicted molar refractivity (Wildman–Crippen MR) is 132 cm³/mol. The Morgan fingerprint density at radius 1 is 0.636 bits per heavy atom. The molecule has 0 saturated heterocycles. The summed E-state index contributed by atoms with van der Waals surface area (Å²) < 4.78 is 5.86. The van der Waals surface area contributed by atoms with Gasteiger partial charge in [-0.1, -0.05) is 60.7 Å². The summed E-state index contributed by atoms with van der Waals surface area (Å²) in [6, 6.07) is 26.4. The Morgan fingerprint density at radius 3 is 2.00 bits per heavy atom. The fourth-order valence-corrected chi connectivity index (χ4v) is 4.45. The molecule has 0 radical (unpaired) electrons. The van der Waals surface area contributed by atoms with Crippen LogP contribution in [0.15, 0.2) is 78.9 Å². The van der Waals surface area contributed by atoms with Gasteiger partial charge in [-0.3, -0.25) is 0 Å². The van der Waals surface area contributed by atoms with Gasteiger partial charge in [-0.25, -0.2) is 4.98 Å². The quantitative estimate of drug-likeness (QED) is 0.319. The van der Waals surface area contributed by atoms with E-state index in [-0.39, 0.29) is 17.9 Å². The third-order valence-corrected chi connectivity index (χ3v) is 5.87. The summed E-state index contributed by atoms with van der Waals surface area (Å²) in [6.45, 7) is 3.86. The van der Waals surface area contributed by atoms with Crippen molar-refractivity contribution in [1.82, 2.24) is 15.0 Å². The van der Waals surface area contributed by atoms with E-state index in [0.29, 0.717) is 17.2 Å². The lowest BCUT2D eigenvalue weighted by Gasteiger charge is -2.15. The number of aromatic hydroxyl groups is 1. The number of ether oxygens (including phenoxy) is 1. The SMILES string of the molecule is CC(C)Oc1nc(-c2ccccc2O)nc(-c2ccc3ccc4cccc5ccc2c3c45)n1. The minimum absolute atomic E-state index is 0.0983. The van der Waals surface area contributed by atoms with Gasteiger partial charge in [0.05, 0.1) is 11.7 Å². The zero-order chi connectivity index (χ0) is 22.5. The standard InChI is InChI=1S/C28H21N3O2/c1-16(2)33-28-30-26(29-27(31-28)22-8-3-4-9-23(22)32)21-15-13-19-11-10-17-6-5-7-18-12-14-20(21)25(19)24(17)18/h3-16,32H,1-2H3. The average Bonchev–Trinajstić information content (AvgIpc) is 2.82. The fourth-order valence-electron chi connectivity index (χ4n) is 4.45. The molecular weight excluding hydrogens is 410 g/mol. The van der Waals surface area contributed by atoms with E-state index in [2.05, 4.69) is 58.5 Å². The van der Waals surface area contributed by atoms with Crippen LogP contribution in [0.25, 0.3) is 55.1 Å². The molecule has 5 heteroatoms. The van der Waals surface area contributed by atoms with Gasteiger partial charge in [-0.15, -0.1) is 0 Å². The molecule has 1 heterocycles. The second-order valence-corrected chi connectivity index (χ2v) is 8.42. The van der Waals surface area contributed by atoms with Crippen LogP contribution in [-0.4, -0.2) is 26.2 Å². The molecule has 5 nitrogen and oxygen atoms in total. The summed E-state index contributed by atoms with van der Waals surface area (Å²) in [5, 5.41) is 17.5. The van der Waals surface area contributed by atoms with Crippen molar-refractivity contribution in [3.63, 3.8) is 0 Å². The molecule has 0 aliphatic heterocycles. The smallest absolute Gasteiger partial charge is 0.320 e. The van der Waals surface area contributed by atoms with Crippen molar-refractivity contribution >= 4 is 32.3 Å². The monoisotopic (exact) mass is 431 g/mol. The largest absolute Gasteiger partial charge is 0.507 e. The normalized spacial score (nSPS) is 11.7. The van der Waals surface area contributed by atoms with Crippen LogP contribution >= 0.6 is 0 Å². The van der Waals surface area contributed by atoms with Gasteiger partial charge in [0, 0.05) is 5.56 Å². The fraction of sp³-hybridized carbons (Fsp3) is 0.107. The predicted octanol–water partition coefficient (Wildman–Crippen LogP) is 6.60. The van der Waals surface area contributed by atoms with Crippen LogP contribution in [0.5, 0.6) is 11.8 Å². The molecule has 160 valence electrons. The number of benzene rings is 5. The van der Waals surface area contributed by atoms with Crippen molar-refractivity contribution in [3.8, 4) is 34.5 Å². The van der Waals surface area contributed by atoms with Crippen molar-refractivity contribution in [2.75, 3.05) is 0 Å². The number of hydrogen-bond acceptors (Lipinski definition) is 5. The minimum atomic E-state index is -0.0983. The highest BCUT2D eigenvalue weighted by atomic mass is 16.5. The van der Waals surface area contributed by atoms with E-state index in [1.54, 1.807) is 18.2 Å². The number of nitrogens with zero attached hydrogens (tertiary/aromatic N) is 3. The second-order valence-electron chi connectivity index (χ2n) is 8.42. The number of hydrogen-bond donors (Lipinski definition) is 1. The number of para-hydroxylation sites is 1. The van der Waals surface area contributed by atoms with Crippen molar-refractivity contribution < 1.29 is 9.84 Å². The van der Waals surface area contributed by atoms with E-state index in [9.17, 15) is 5.11 Å². The van der Waals surface area contributed by atoms with Crippen molar-refractivity contribution in [2.45, 2.75) is 20.0 Å². The lowest BCUT2D eigenvalue weighted by molar-refractivity contribution is 0.222. The number of aromatic nitrogens is 3. The zero-order valence-corrected chi connectivity index (χ0v) is 18.3. The molecule has 6 rings (SSSR count). The average molecular weight is 431 g/mol. The molecule has 33 heavy (non-hydrogen) atoms. The Bertz CT molecular complexity index is 1630. The van der Waals surface area contributed by atoms with Crippen molar-refractivity contribution in [1.29, 1.82) is 0 Å². The summed E-state index contributed by atoms with van der Waals surface area (Å²) in [6.07, 6.45) is -0.0983. The molecule has 0 aliphatic carbocycles. The van der Waals surface area contributed by atoms with Gasteiger partial charge in [0.1, 0.15) is 5.75 Å². The van der Waals surface area contributed by atoms with Gasteiger partial charge in [0.15, 0.2) is 11.6 Å². The summed E-state index contributed by atoms with van der Waals surface area (Å²) in [5.74, 6) is 0.997. The highest BCUT2D eigenvalue weighted by Crippen LogP contribution is 2.39. The molecule has 5 aromatic carbocycles. The first-order valence-corrected chi connectivity index (χ1v) is 11.0. The Morgan fingerprint density at radius 2 is 1.27 bits per heavy atom. The van der Waals surface area contributed by atoms with Gasteiger partial charge in [0.25, 0.3) is 0 Å². The number of phenolic OH excluding ortho intramolecular Hbond substituents is 1. The van der Waals surface area contributed by atoms with Gasteiger partial charge < -0.3 is 9.84 Å². The van der Waals surface area contributed by atoms with Gasteiger partial charge >= 0.3 is 6.01 Å². The first-order valence-electron chi connectivity index (χ1n) is 11.0. The van der Waals surface area contributed by atoms with E-state index in [1.165, 1.54) is 26.9 Å². The van der Waals surface area contributed by atoms with E-state index in [0.717, 1.165) is 10.9 Å². The Labute approximate surface area is 190 Å². The maximum Gasteiger partial charge on any atom is 0.320 e. The van der Waals surface area contributed by atoms with Gasteiger partial charge in [0.2, 0.25) is 0 Å². The van der Waals surface area contributed by atoms with E-state index in [4.69, 9.17) is 9.72 Å². The Kier molecular flexibility index (Phi) is 4.37.